The van der Waals surface area contributed by atoms with Gasteiger partial charge in [0.2, 0.25) is 0 Å². The van der Waals surface area contributed by atoms with Crippen molar-refractivity contribution in [1.29, 1.82) is 0 Å². The Labute approximate surface area is 184 Å². The highest BCUT2D eigenvalue weighted by atomic mass is 32.1. The first-order valence-electron chi connectivity index (χ1n) is 10.3. The van der Waals surface area contributed by atoms with E-state index < -0.39 is 0 Å². The van der Waals surface area contributed by atoms with Gasteiger partial charge in [-0.25, -0.2) is 4.98 Å². The number of fused-ring (bicyclic) bond motifs is 2. The fourth-order valence-corrected chi connectivity index (χ4v) is 4.89. The number of benzene rings is 3. The van der Waals surface area contributed by atoms with Crippen molar-refractivity contribution in [2.45, 2.75) is 0 Å². The summed E-state index contributed by atoms with van der Waals surface area (Å²) in [5, 5.41) is 3.23. The number of hydrogen-bond donors (Lipinski definition) is 0. The number of anilines is 1. The molecule has 7 heteroatoms. The minimum absolute atomic E-state index is 0.0128. The van der Waals surface area contributed by atoms with Gasteiger partial charge in [0.25, 0.3) is 5.91 Å². The Hall–Kier alpha value is -3.32. The fourth-order valence-electron chi connectivity index (χ4n) is 3.85. The number of carbonyl (C=O) groups is 1. The number of hydrogen-bond acceptors (Lipinski definition) is 6. The summed E-state index contributed by atoms with van der Waals surface area (Å²) in [7, 11) is 1.66. The second kappa shape index (κ2) is 8.43. The van der Waals surface area contributed by atoms with E-state index in [2.05, 4.69) is 17.0 Å². The lowest BCUT2D eigenvalue weighted by Crippen LogP contribution is -2.50. The van der Waals surface area contributed by atoms with E-state index in [-0.39, 0.29) is 12.5 Å². The van der Waals surface area contributed by atoms with Gasteiger partial charge in [0.15, 0.2) is 11.7 Å². The molecule has 31 heavy (non-hydrogen) atoms. The monoisotopic (exact) mass is 433 g/mol. The summed E-state index contributed by atoms with van der Waals surface area (Å²) in [6, 6.07) is 20.0. The molecule has 0 N–H and O–H groups in total. The average molecular weight is 434 g/mol. The predicted molar refractivity (Wildman–Crippen MR) is 124 cm³/mol. The molecule has 3 aromatic carbocycles. The quantitative estimate of drug-likeness (QED) is 0.473. The molecular weight excluding hydrogens is 410 g/mol. The molecular formula is C24H23N3O3S. The maximum absolute atomic E-state index is 12.7. The molecule has 0 aliphatic carbocycles. The summed E-state index contributed by atoms with van der Waals surface area (Å²) in [6.45, 7) is 2.88. The van der Waals surface area contributed by atoms with Gasteiger partial charge in [0.05, 0.1) is 11.8 Å². The molecule has 0 radical (unpaired) electrons. The number of carbonyl (C=O) groups excluding carboxylic acids is 1. The summed E-state index contributed by atoms with van der Waals surface area (Å²) in [5.41, 5.74) is 0.896. The van der Waals surface area contributed by atoms with E-state index in [1.54, 1.807) is 18.4 Å². The van der Waals surface area contributed by atoms with Gasteiger partial charge in [-0.3, -0.25) is 4.79 Å². The zero-order valence-corrected chi connectivity index (χ0v) is 18.1. The van der Waals surface area contributed by atoms with E-state index in [9.17, 15) is 4.79 Å². The third-order valence-corrected chi connectivity index (χ3v) is 6.66. The molecule has 5 rings (SSSR count). The summed E-state index contributed by atoms with van der Waals surface area (Å²) in [4.78, 5) is 21.5. The van der Waals surface area contributed by atoms with Crippen LogP contribution in [-0.4, -0.2) is 55.7 Å². The van der Waals surface area contributed by atoms with Crippen molar-refractivity contribution in [2.24, 2.45) is 0 Å². The van der Waals surface area contributed by atoms with Crippen molar-refractivity contribution >= 4 is 43.4 Å². The third-order valence-electron chi connectivity index (χ3n) is 5.58. The first-order chi connectivity index (χ1) is 15.2. The van der Waals surface area contributed by atoms with E-state index in [0.717, 1.165) is 45.0 Å². The van der Waals surface area contributed by atoms with Crippen molar-refractivity contribution < 1.29 is 14.3 Å². The minimum Gasteiger partial charge on any atom is -0.494 e. The van der Waals surface area contributed by atoms with Gasteiger partial charge in [-0.15, -0.1) is 0 Å². The first-order valence-corrected chi connectivity index (χ1v) is 11.1. The van der Waals surface area contributed by atoms with Crippen LogP contribution in [0.25, 0.3) is 21.0 Å². The van der Waals surface area contributed by atoms with Crippen molar-refractivity contribution in [3.8, 4) is 11.5 Å². The normalized spacial score (nSPS) is 14.2. The minimum atomic E-state index is 0.0128. The zero-order chi connectivity index (χ0) is 21.2. The van der Waals surface area contributed by atoms with Crippen LogP contribution in [0.1, 0.15) is 0 Å². The highest BCUT2D eigenvalue weighted by Gasteiger charge is 2.24. The van der Waals surface area contributed by atoms with Gasteiger partial charge in [-0.2, -0.15) is 0 Å². The lowest BCUT2D eigenvalue weighted by molar-refractivity contribution is -0.133. The van der Waals surface area contributed by atoms with Crippen LogP contribution in [0, 0.1) is 0 Å². The fraction of sp³-hybridized carbons (Fsp3) is 0.250. The number of nitrogens with zero attached hydrogens (tertiary/aromatic N) is 3. The molecule has 1 saturated heterocycles. The van der Waals surface area contributed by atoms with Crippen LogP contribution < -0.4 is 14.4 Å². The molecule has 158 valence electrons. The summed E-state index contributed by atoms with van der Waals surface area (Å²) >= 11 is 1.66. The molecule has 2 heterocycles. The van der Waals surface area contributed by atoms with Crippen LogP contribution in [0.15, 0.2) is 60.7 Å². The van der Waals surface area contributed by atoms with Gasteiger partial charge in [-0.1, -0.05) is 47.7 Å². The molecule has 0 unspecified atom stereocenters. The molecule has 1 fully saturated rings. The summed E-state index contributed by atoms with van der Waals surface area (Å²) < 4.78 is 12.3. The van der Waals surface area contributed by atoms with Gasteiger partial charge >= 0.3 is 0 Å². The maximum Gasteiger partial charge on any atom is 0.260 e. The standard InChI is InChI=1S/C24H23N3O3S/c1-29-20-7-4-8-21-23(20)25-24(31-21)27-13-11-26(12-14-27)22(28)16-30-19-10-9-17-5-2-3-6-18(17)15-19/h2-10,15H,11-14,16H2,1H3. The number of aromatic nitrogens is 1. The molecule has 6 nitrogen and oxygen atoms in total. The Morgan fingerprint density at radius 2 is 1.81 bits per heavy atom. The number of ether oxygens (including phenoxy) is 2. The van der Waals surface area contributed by atoms with Crippen LogP contribution in [0.5, 0.6) is 11.5 Å². The topological polar surface area (TPSA) is 54.9 Å². The first kappa shape index (κ1) is 19.6. The van der Waals surface area contributed by atoms with Gasteiger partial charge in [0.1, 0.15) is 17.0 Å². The lowest BCUT2D eigenvalue weighted by atomic mass is 10.1. The summed E-state index contributed by atoms with van der Waals surface area (Å²) in [6.07, 6.45) is 0. The third kappa shape index (κ3) is 4.01. The zero-order valence-electron chi connectivity index (χ0n) is 17.3. The maximum atomic E-state index is 12.7. The van der Waals surface area contributed by atoms with E-state index in [0.29, 0.717) is 18.8 Å². The van der Waals surface area contributed by atoms with E-state index in [4.69, 9.17) is 14.5 Å². The number of amides is 1. The molecule has 0 spiro atoms. The van der Waals surface area contributed by atoms with Crippen LogP contribution in [0.4, 0.5) is 5.13 Å². The van der Waals surface area contributed by atoms with Gasteiger partial charge in [0, 0.05) is 26.2 Å². The molecule has 0 bridgehead atoms. The van der Waals surface area contributed by atoms with Crippen LogP contribution in [0.2, 0.25) is 0 Å². The number of para-hydroxylation sites is 1. The number of methoxy groups -OCH3 is 1. The largest absolute Gasteiger partial charge is 0.494 e. The molecule has 1 amide bonds. The number of rotatable bonds is 5. The Balaban J connectivity index is 1.18. The highest BCUT2D eigenvalue weighted by Crippen LogP contribution is 2.34. The molecule has 1 aliphatic heterocycles. The second-order valence-electron chi connectivity index (χ2n) is 7.47. The Morgan fingerprint density at radius 1 is 1.00 bits per heavy atom. The number of thiazole rings is 1. The molecule has 0 saturated carbocycles. The average Bonchev–Trinajstić information content (AvgIpc) is 3.27. The van der Waals surface area contributed by atoms with Crippen molar-refractivity contribution in [2.75, 3.05) is 44.8 Å². The number of piperazine rings is 1. The molecule has 1 aromatic heterocycles. The van der Waals surface area contributed by atoms with E-state index in [1.165, 1.54) is 0 Å². The SMILES string of the molecule is COc1cccc2sc(N3CCN(C(=O)COc4ccc5ccccc5c4)CC3)nc12. The Bertz CT molecular complexity index is 1230. The molecule has 4 aromatic rings. The Morgan fingerprint density at radius 3 is 2.61 bits per heavy atom. The predicted octanol–water partition coefficient (Wildman–Crippen LogP) is 4.19. The van der Waals surface area contributed by atoms with Crippen molar-refractivity contribution in [3.05, 3.63) is 60.7 Å². The smallest absolute Gasteiger partial charge is 0.260 e. The van der Waals surface area contributed by atoms with E-state index in [1.807, 2.05) is 53.4 Å². The summed E-state index contributed by atoms with van der Waals surface area (Å²) in [5.74, 6) is 1.52. The lowest BCUT2D eigenvalue weighted by Gasteiger charge is -2.34. The van der Waals surface area contributed by atoms with Gasteiger partial charge in [-0.05, 0) is 35.0 Å². The Kier molecular flexibility index (Phi) is 5.34. The van der Waals surface area contributed by atoms with Crippen molar-refractivity contribution in [3.63, 3.8) is 0 Å². The highest BCUT2D eigenvalue weighted by molar-refractivity contribution is 7.22. The van der Waals surface area contributed by atoms with Crippen molar-refractivity contribution in [1.82, 2.24) is 9.88 Å². The van der Waals surface area contributed by atoms with Crippen LogP contribution in [0.3, 0.4) is 0 Å². The van der Waals surface area contributed by atoms with Gasteiger partial charge < -0.3 is 19.3 Å². The molecule has 1 aliphatic rings. The molecule has 0 atom stereocenters. The van der Waals surface area contributed by atoms with Crippen LogP contribution in [-0.2, 0) is 4.79 Å². The van der Waals surface area contributed by atoms with E-state index >= 15 is 0 Å². The second-order valence-corrected chi connectivity index (χ2v) is 8.48. The van der Waals surface area contributed by atoms with Crippen LogP contribution >= 0.6 is 11.3 Å².